The van der Waals surface area contributed by atoms with E-state index in [2.05, 4.69) is 21.8 Å². The monoisotopic (exact) mass is 280 g/mol. The number of nitrogens with zero attached hydrogens (tertiary/aromatic N) is 3. The highest BCUT2D eigenvalue weighted by Crippen LogP contribution is 2.30. The van der Waals surface area contributed by atoms with Gasteiger partial charge >= 0.3 is 0 Å². The number of hydrogen-bond acceptors (Lipinski definition) is 5. The Kier molecular flexibility index (Phi) is 4.63. The molecule has 1 aromatic rings. The molecular formula is C13H20N4OS. The first-order chi connectivity index (χ1) is 9.11. The summed E-state index contributed by atoms with van der Waals surface area (Å²) in [5.74, 6) is 0.628. The first-order valence-electron chi connectivity index (χ1n) is 6.46. The van der Waals surface area contributed by atoms with E-state index in [1.165, 1.54) is 24.2 Å². The standard InChI is InChI=1S/C13H20N4OS/c1-17(2)13(18)10-7-8-12(16-15-10)14-9-5-4-6-11(9)19-3/h7-9,11H,4-6H2,1-3H3,(H,14,16). The van der Waals surface area contributed by atoms with Gasteiger partial charge in [-0.3, -0.25) is 4.79 Å². The Hall–Kier alpha value is -1.30. The van der Waals surface area contributed by atoms with Gasteiger partial charge in [0.1, 0.15) is 5.82 Å². The molecule has 1 aliphatic rings. The molecule has 19 heavy (non-hydrogen) atoms. The van der Waals surface area contributed by atoms with Crippen LogP contribution in [-0.4, -0.2) is 52.6 Å². The molecule has 2 atom stereocenters. The van der Waals surface area contributed by atoms with Crippen LogP contribution in [0.3, 0.4) is 0 Å². The van der Waals surface area contributed by atoms with Crippen molar-refractivity contribution in [3.63, 3.8) is 0 Å². The van der Waals surface area contributed by atoms with Crippen LogP contribution >= 0.6 is 11.8 Å². The number of nitrogens with one attached hydrogen (secondary N) is 1. The lowest BCUT2D eigenvalue weighted by molar-refractivity contribution is 0.0821. The summed E-state index contributed by atoms with van der Waals surface area (Å²) < 4.78 is 0. The zero-order valence-electron chi connectivity index (χ0n) is 11.6. The minimum Gasteiger partial charge on any atom is -0.365 e. The van der Waals surface area contributed by atoms with Crippen molar-refractivity contribution in [2.24, 2.45) is 0 Å². The van der Waals surface area contributed by atoms with Gasteiger partial charge in [0, 0.05) is 25.4 Å². The van der Waals surface area contributed by atoms with Gasteiger partial charge in [-0.05, 0) is 31.2 Å². The van der Waals surface area contributed by atoms with Crippen LogP contribution in [0.2, 0.25) is 0 Å². The van der Waals surface area contributed by atoms with Gasteiger partial charge in [-0.1, -0.05) is 6.42 Å². The molecule has 1 N–H and O–H groups in total. The summed E-state index contributed by atoms with van der Waals surface area (Å²) in [6, 6.07) is 4.01. The Bertz CT molecular complexity index is 435. The molecule has 1 heterocycles. The van der Waals surface area contributed by atoms with Crippen LogP contribution < -0.4 is 5.32 Å². The molecule has 0 spiro atoms. The Morgan fingerprint density at radius 3 is 2.74 bits per heavy atom. The topological polar surface area (TPSA) is 58.1 Å². The van der Waals surface area contributed by atoms with Crippen molar-refractivity contribution in [2.75, 3.05) is 25.7 Å². The molecule has 0 radical (unpaired) electrons. The number of rotatable bonds is 4. The van der Waals surface area contributed by atoms with Crippen molar-refractivity contribution in [1.82, 2.24) is 15.1 Å². The van der Waals surface area contributed by atoms with Crippen molar-refractivity contribution >= 4 is 23.5 Å². The van der Waals surface area contributed by atoms with Gasteiger partial charge in [-0.25, -0.2) is 0 Å². The van der Waals surface area contributed by atoms with E-state index in [0.29, 0.717) is 17.0 Å². The van der Waals surface area contributed by atoms with Crippen molar-refractivity contribution in [2.45, 2.75) is 30.6 Å². The number of carbonyl (C=O) groups is 1. The number of carbonyl (C=O) groups excluding carboxylic acids is 1. The quantitative estimate of drug-likeness (QED) is 0.912. The third-order valence-corrected chi connectivity index (χ3v) is 4.55. The second kappa shape index (κ2) is 6.23. The molecule has 0 saturated heterocycles. The van der Waals surface area contributed by atoms with Crippen LogP contribution in [0.1, 0.15) is 29.8 Å². The van der Waals surface area contributed by atoms with Crippen molar-refractivity contribution < 1.29 is 4.79 Å². The van der Waals surface area contributed by atoms with E-state index in [0.717, 1.165) is 5.82 Å². The normalized spacial score (nSPS) is 22.3. The van der Waals surface area contributed by atoms with Gasteiger partial charge in [0.15, 0.2) is 5.69 Å². The van der Waals surface area contributed by atoms with Gasteiger partial charge in [0.25, 0.3) is 5.91 Å². The van der Waals surface area contributed by atoms with Gasteiger partial charge in [-0.15, -0.1) is 10.2 Å². The van der Waals surface area contributed by atoms with Crippen molar-refractivity contribution in [3.05, 3.63) is 17.8 Å². The second-order valence-electron chi connectivity index (χ2n) is 4.96. The largest absolute Gasteiger partial charge is 0.365 e. The average molecular weight is 280 g/mol. The lowest BCUT2D eigenvalue weighted by Gasteiger charge is -2.19. The van der Waals surface area contributed by atoms with Crippen LogP contribution in [0.5, 0.6) is 0 Å². The third-order valence-electron chi connectivity index (χ3n) is 3.38. The highest BCUT2D eigenvalue weighted by Gasteiger charge is 2.26. The van der Waals surface area contributed by atoms with E-state index >= 15 is 0 Å². The molecule has 2 unspecified atom stereocenters. The zero-order chi connectivity index (χ0) is 13.8. The number of hydrogen-bond donors (Lipinski definition) is 1. The predicted molar refractivity (Wildman–Crippen MR) is 78.6 cm³/mol. The minimum atomic E-state index is -0.123. The number of amides is 1. The summed E-state index contributed by atoms with van der Waals surface area (Å²) >= 11 is 1.90. The summed E-state index contributed by atoms with van der Waals surface area (Å²) in [7, 11) is 3.41. The highest BCUT2D eigenvalue weighted by molar-refractivity contribution is 7.99. The van der Waals surface area contributed by atoms with E-state index < -0.39 is 0 Å². The van der Waals surface area contributed by atoms with Crippen LogP contribution in [0.25, 0.3) is 0 Å². The van der Waals surface area contributed by atoms with Gasteiger partial charge in [-0.2, -0.15) is 11.8 Å². The lowest BCUT2D eigenvalue weighted by Crippen LogP contribution is -2.27. The van der Waals surface area contributed by atoms with Crippen molar-refractivity contribution in [1.29, 1.82) is 0 Å². The predicted octanol–water partition coefficient (Wildman–Crippen LogP) is 1.87. The molecule has 5 nitrogen and oxygen atoms in total. The molecule has 1 aromatic heterocycles. The molecule has 2 rings (SSSR count). The van der Waals surface area contributed by atoms with E-state index in [-0.39, 0.29) is 5.91 Å². The fourth-order valence-corrected chi connectivity index (χ4v) is 3.25. The SMILES string of the molecule is CSC1CCCC1Nc1ccc(C(=O)N(C)C)nn1. The first-order valence-corrected chi connectivity index (χ1v) is 7.75. The Balaban J connectivity index is 2.01. The molecule has 1 fully saturated rings. The molecule has 1 amide bonds. The third kappa shape index (κ3) is 3.37. The molecule has 6 heteroatoms. The maximum Gasteiger partial charge on any atom is 0.273 e. The Labute approximate surface area is 118 Å². The molecule has 1 saturated carbocycles. The summed E-state index contributed by atoms with van der Waals surface area (Å²) in [5.41, 5.74) is 0.378. The van der Waals surface area contributed by atoms with Crippen LogP contribution in [-0.2, 0) is 0 Å². The smallest absolute Gasteiger partial charge is 0.273 e. The zero-order valence-corrected chi connectivity index (χ0v) is 12.4. The Morgan fingerprint density at radius 1 is 1.37 bits per heavy atom. The van der Waals surface area contributed by atoms with E-state index in [1.807, 2.05) is 17.8 Å². The molecule has 0 bridgehead atoms. The summed E-state index contributed by atoms with van der Waals surface area (Å²) in [6.45, 7) is 0. The molecular weight excluding hydrogens is 260 g/mol. The van der Waals surface area contributed by atoms with E-state index in [9.17, 15) is 4.79 Å². The van der Waals surface area contributed by atoms with Crippen LogP contribution in [0.15, 0.2) is 12.1 Å². The fourth-order valence-electron chi connectivity index (χ4n) is 2.32. The van der Waals surface area contributed by atoms with E-state index in [1.54, 1.807) is 20.2 Å². The summed E-state index contributed by atoms with van der Waals surface area (Å²) in [5, 5.41) is 12.1. The molecule has 0 aliphatic heterocycles. The van der Waals surface area contributed by atoms with Crippen LogP contribution in [0, 0.1) is 0 Å². The van der Waals surface area contributed by atoms with Gasteiger partial charge in [0.05, 0.1) is 0 Å². The minimum absolute atomic E-state index is 0.123. The van der Waals surface area contributed by atoms with Gasteiger partial charge < -0.3 is 10.2 Å². The highest BCUT2D eigenvalue weighted by atomic mass is 32.2. The number of aromatic nitrogens is 2. The summed E-state index contributed by atoms with van der Waals surface area (Å²) in [6.07, 6.45) is 5.83. The molecule has 104 valence electrons. The first kappa shape index (κ1) is 14.1. The summed E-state index contributed by atoms with van der Waals surface area (Å²) in [4.78, 5) is 13.2. The fraction of sp³-hybridized carbons (Fsp3) is 0.615. The molecule has 0 aromatic carbocycles. The number of thioether (sulfide) groups is 1. The number of anilines is 1. The maximum absolute atomic E-state index is 11.7. The Morgan fingerprint density at radius 2 is 2.16 bits per heavy atom. The van der Waals surface area contributed by atoms with E-state index in [4.69, 9.17) is 0 Å². The lowest BCUT2D eigenvalue weighted by atomic mass is 10.2. The van der Waals surface area contributed by atoms with Crippen LogP contribution in [0.4, 0.5) is 5.82 Å². The average Bonchev–Trinajstić information content (AvgIpc) is 2.86. The maximum atomic E-state index is 11.7. The second-order valence-corrected chi connectivity index (χ2v) is 6.04. The molecule has 1 aliphatic carbocycles. The van der Waals surface area contributed by atoms with Gasteiger partial charge in [0.2, 0.25) is 0 Å². The van der Waals surface area contributed by atoms with Crippen molar-refractivity contribution in [3.8, 4) is 0 Å².